The summed E-state index contributed by atoms with van der Waals surface area (Å²) in [6, 6.07) is -0.833. The van der Waals surface area contributed by atoms with Gasteiger partial charge in [-0.25, -0.2) is 4.79 Å². The molecule has 0 aromatic heterocycles. The Morgan fingerprint density at radius 2 is 1.56 bits per heavy atom. The molecular formula is C6H12N2O. The summed E-state index contributed by atoms with van der Waals surface area (Å²) in [6.07, 6.45) is 4.54. The second-order valence-corrected chi connectivity index (χ2v) is 1.22. The minimum Gasteiger partial charge on any atom is -0.352 e. The lowest BCUT2D eigenvalue weighted by molar-refractivity contribution is 0.256. The molecule has 52 valence electrons. The third kappa shape index (κ3) is 271. The summed E-state index contributed by atoms with van der Waals surface area (Å²) < 4.78 is 0. The van der Waals surface area contributed by atoms with E-state index < -0.39 is 6.03 Å². The Morgan fingerprint density at radius 3 is 1.56 bits per heavy atom. The molecule has 9 heavy (non-hydrogen) atoms. The van der Waals surface area contributed by atoms with E-state index in [1.165, 1.54) is 0 Å². The first-order valence-electron chi connectivity index (χ1n) is 2.41. The van der Waals surface area contributed by atoms with Crippen LogP contribution in [-0.4, -0.2) is 6.03 Å². The van der Waals surface area contributed by atoms with Crippen molar-refractivity contribution in [2.45, 2.75) is 6.42 Å². The van der Waals surface area contributed by atoms with E-state index >= 15 is 0 Å². The van der Waals surface area contributed by atoms with Crippen LogP contribution in [0.25, 0.3) is 0 Å². The van der Waals surface area contributed by atoms with Gasteiger partial charge in [-0.05, 0) is 6.42 Å². The van der Waals surface area contributed by atoms with Crippen LogP contribution in [0.15, 0.2) is 25.3 Å². The molecule has 0 bridgehead atoms. The van der Waals surface area contributed by atoms with Gasteiger partial charge in [-0.15, -0.1) is 13.2 Å². The van der Waals surface area contributed by atoms with Crippen molar-refractivity contribution in [1.82, 2.24) is 0 Å². The molecule has 3 nitrogen and oxygen atoms in total. The van der Waals surface area contributed by atoms with Gasteiger partial charge in [-0.3, -0.25) is 0 Å². The van der Waals surface area contributed by atoms with Crippen molar-refractivity contribution in [2.24, 2.45) is 11.5 Å². The van der Waals surface area contributed by atoms with E-state index in [-0.39, 0.29) is 0 Å². The summed E-state index contributed by atoms with van der Waals surface area (Å²) >= 11 is 0. The maximum atomic E-state index is 9.00. The Balaban J connectivity index is 0. The number of primary amides is 2. The number of hydrogen-bond donors (Lipinski definition) is 2. The first kappa shape index (κ1) is 10.7. The number of amides is 2. The highest BCUT2D eigenvalue weighted by Gasteiger charge is 1.60. The summed E-state index contributed by atoms with van der Waals surface area (Å²) in [4.78, 5) is 9.00. The molecular weight excluding hydrogens is 116 g/mol. The maximum Gasteiger partial charge on any atom is 0.309 e. The number of carbonyl (C=O) groups is 1. The SMILES string of the molecule is C=CCC=C.NC(N)=O. The fourth-order valence-electron chi connectivity index (χ4n) is 0.118. The Labute approximate surface area is 55.0 Å². The molecule has 0 aromatic carbocycles. The van der Waals surface area contributed by atoms with Crippen LogP contribution < -0.4 is 11.5 Å². The van der Waals surface area contributed by atoms with E-state index in [0.29, 0.717) is 0 Å². The van der Waals surface area contributed by atoms with Crippen LogP contribution in [0, 0.1) is 0 Å². The molecule has 0 fully saturated rings. The number of rotatable bonds is 2. The van der Waals surface area contributed by atoms with Crippen molar-refractivity contribution in [2.75, 3.05) is 0 Å². The normalized spacial score (nSPS) is 6.22. The standard InChI is InChI=1S/C5H8.CH4N2O/c1-3-5-4-2;2-1(3)4/h3-4H,1-2,5H2;(H4,2,3,4). The molecule has 0 aromatic rings. The summed E-state index contributed by atoms with van der Waals surface area (Å²) in [5.74, 6) is 0. The zero-order chi connectivity index (χ0) is 7.70. The molecule has 0 aliphatic carbocycles. The van der Waals surface area contributed by atoms with E-state index in [4.69, 9.17) is 4.79 Å². The summed E-state index contributed by atoms with van der Waals surface area (Å²) in [5, 5.41) is 0. The van der Waals surface area contributed by atoms with Crippen molar-refractivity contribution in [3.05, 3.63) is 25.3 Å². The van der Waals surface area contributed by atoms with Crippen LogP contribution in [-0.2, 0) is 0 Å². The fraction of sp³-hybridized carbons (Fsp3) is 0.167. The number of nitrogens with two attached hydrogens (primary N) is 2. The van der Waals surface area contributed by atoms with E-state index in [1.807, 2.05) is 12.2 Å². The molecule has 0 aliphatic rings. The molecule has 0 atom stereocenters. The van der Waals surface area contributed by atoms with Crippen molar-refractivity contribution in [3.8, 4) is 0 Å². The van der Waals surface area contributed by atoms with Crippen molar-refractivity contribution in [1.29, 1.82) is 0 Å². The van der Waals surface area contributed by atoms with Gasteiger partial charge in [-0.2, -0.15) is 0 Å². The first-order chi connectivity index (χ1) is 4.15. The topological polar surface area (TPSA) is 69.1 Å². The van der Waals surface area contributed by atoms with Gasteiger partial charge < -0.3 is 11.5 Å². The predicted molar refractivity (Wildman–Crippen MR) is 38.8 cm³/mol. The van der Waals surface area contributed by atoms with Gasteiger partial charge in [0.1, 0.15) is 0 Å². The molecule has 3 heteroatoms. The molecule has 0 spiro atoms. The molecule has 0 saturated heterocycles. The van der Waals surface area contributed by atoms with E-state index in [2.05, 4.69) is 24.6 Å². The third-order valence-electron chi connectivity index (χ3n) is 0.333. The van der Waals surface area contributed by atoms with Gasteiger partial charge in [0.2, 0.25) is 0 Å². The maximum absolute atomic E-state index is 9.00. The smallest absolute Gasteiger partial charge is 0.309 e. The monoisotopic (exact) mass is 128 g/mol. The lowest BCUT2D eigenvalue weighted by atomic mass is 10.4. The van der Waals surface area contributed by atoms with Crippen LogP contribution in [0.3, 0.4) is 0 Å². The van der Waals surface area contributed by atoms with E-state index in [0.717, 1.165) is 6.42 Å². The quantitative estimate of drug-likeness (QED) is 0.530. The number of hydrogen-bond acceptors (Lipinski definition) is 1. The molecule has 4 N–H and O–H groups in total. The Hall–Kier alpha value is -1.25. The van der Waals surface area contributed by atoms with Gasteiger partial charge in [0.25, 0.3) is 0 Å². The lowest BCUT2D eigenvalue weighted by Crippen LogP contribution is -2.18. The summed E-state index contributed by atoms with van der Waals surface area (Å²) in [5.41, 5.74) is 8.50. The van der Waals surface area contributed by atoms with Crippen LogP contribution in [0.4, 0.5) is 4.79 Å². The van der Waals surface area contributed by atoms with Crippen molar-refractivity contribution in [3.63, 3.8) is 0 Å². The molecule has 0 aliphatic heterocycles. The number of urea groups is 1. The van der Waals surface area contributed by atoms with E-state index in [1.54, 1.807) is 0 Å². The highest BCUT2D eigenvalue weighted by Crippen LogP contribution is 1.73. The minimum absolute atomic E-state index is 0.833. The first-order valence-corrected chi connectivity index (χ1v) is 2.41. The van der Waals surface area contributed by atoms with Crippen LogP contribution in [0.5, 0.6) is 0 Å². The molecule has 0 rings (SSSR count). The van der Waals surface area contributed by atoms with Crippen LogP contribution >= 0.6 is 0 Å². The average molecular weight is 128 g/mol. The molecule has 0 heterocycles. The summed E-state index contributed by atoms with van der Waals surface area (Å²) in [6.45, 7) is 6.96. The van der Waals surface area contributed by atoms with Gasteiger partial charge in [0.15, 0.2) is 0 Å². The number of allylic oxidation sites excluding steroid dienone is 2. The average Bonchev–Trinajstić information content (AvgIpc) is 1.66. The third-order valence-corrected chi connectivity index (χ3v) is 0.333. The highest BCUT2D eigenvalue weighted by molar-refractivity contribution is 5.69. The minimum atomic E-state index is -0.833. The molecule has 0 unspecified atom stereocenters. The Bertz CT molecular complexity index is 89.2. The van der Waals surface area contributed by atoms with Crippen molar-refractivity contribution < 1.29 is 4.79 Å². The molecule has 2 amide bonds. The second-order valence-electron chi connectivity index (χ2n) is 1.22. The van der Waals surface area contributed by atoms with Crippen LogP contribution in [0.2, 0.25) is 0 Å². The number of carbonyl (C=O) groups excluding carboxylic acids is 1. The molecule has 0 radical (unpaired) electrons. The van der Waals surface area contributed by atoms with E-state index in [9.17, 15) is 0 Å². The Morgan fingerprint density at radius 1 is 1.33 bits per heavy atom. The highest BCUT2D eigenvalue weighted by atomic mass is 16.2. The zero-order valence-electron chi connectivity index (χ0n) is 5.34. The second kappa shape index (κ2) is 9.89. The summed E-state index contributed by atoms with van der Waals surface area (Å²) in [7, 11) is 0. The Kier molecular flexibility index (Phi) is 11.7. The fourth-order valence-corrected chi connectivity index (χ4v) is 0.118. The predicted octanol–water partition coefficient (Wildman–Crippen LogP) is 0.772. The van der Waals surface area contributed by atoms with Crippen molar-refractivity contribution >= 4 is 6.03 Å². The van der Waals surface area contributed by atoms with Gasteiger partial charge in [0.05, 0.1) is 0 Å². The molecule has 0 saturated carbocycles. The van der Waals surface area contributed by atoms with Gasteiger partial charge in [0, 0.05) is 0 Å². The van der Waals surface area contributed by atoms with Gasteiger partial charge >= 0.3 is 6.03 Å². The van der Waals surface area contributed by atoms with Gasteiger partial charge in [-0.1, -0.05) is 12.2 Å². The largest absolute Gasteiger partial charge is 0.352 e. The zero-order valence-corrected chi connectivity index (χ0v) is 5.34. The van der Waals surface area contributed by atoms with Crippen LogP contribution in [0.1, 0.15) is 6.42 Å². The lowest BCUT2D eigenvalue weighted by Gasteiger charge is -1.64.